The summed E-state index contributed by atoms with van der Waals surface area (Å²) in [6.07, 6.45) is 0.731. The molecule has 2 unspecified atom stereocenters. The Hall–Kier alpha value is -0.240. The van der Waals surface area contributed by atoms with E-state index in [0.29, 0.717) is 19.6 Å². The summed E-state index contributed by atoms with van der Waals surface area (Å²) in [5.41, 5.74) is 11.5. The van der Waals surface area contributed by atoms with E-state index in [9.17, 15) is 0 Å². The molecular weight excluding hydrogens is 232 g/mol. The number of aliphatic hydroxyl groups is 2. The molecule has 0 aromatic carbocycles. The Kier molecular flexibility index (Phi) is 8.67. The summed E-state index contributed by atoms with van der Waals surface area (Å²) in [7, 11) is 0. The smallest absolute Gasteiger partial charge is 0.0616 e. The predicted octanol–water partition coefficient (Wildman–Crippen LogP) is -1.34. The molecule has 0 amide bonds. The minimum Gasteiger partial charge on any atom is -0.395 e. The number of hydrogen-bond donors (Lipinski definition) is 5. The lowest BCUT2D eigenvalue weighted by Gasteiger charge is -2.36. The van der Waals surface area contributed by atoms with Gasteiger partial charge in [-0.2, -0.15) is 0 Å². The van der Waals surface area contributed by atoms with Crippen molar-refractivity contribution in [2.75, 3.05) is 32.8 Å². The Morgan fingerprint density at radius 1 is 1.22 bits per heavy atom. The van der Waals surface area contributed by atoms with Crippen LogP contribution in [-0.4, -0.2) is 65.7 Å². The zero-order valence-electron chi connectivity index (χ0n) is 11.9. The lowest BCUT2D eigenvalue weighted by atomic mass is 9.99. The largest absolute Gasteiger partial charge is 0.395 e. The SMILES string of the molecule is CC(N)CNC(CC(C)(C)N)N(CCO)CCO. The summed E-state index contributed by atoms with van der Waals surface area (Å²) in [6.45, 7) is 7.66. The second-order valence-corrected chi connectivity index (χ2v) is 5.58. The van der Waals surface area contributed by atoms with Crippen LogP contribution in [0.4, 0.5) is 0 Å². The molecule has 110 valence electrons. The molecule has 0 saturated carbocycles. The van der Waals surface area contributed by atoms with E-state index < -0.39 is 0 Å². The van der Waals surface area contributed by atoms with Gasteiger partial charge in [-0.25, -0.2) is 0 Å². The van der Waals surface area contributed by atoms with Crippen molar-refractivity contribution < 1.29 is 10.2 Å². The summed E-state index contributed by atoms with van der Waals surface area (Å²) in [6, 6.07) is 0.0542. The first kappa shape index (κ1) is 17.8. The maximum atomic E-state index is 9.08. The first-order valence-electron chi connectivity index (χ1n) is 6.53. The zero-order chi connectivity index (χ0) is 14.2. The maximum absolute atomic E-state index is 9.08. The Morgan fingerprint density at radius 2 is 1.72 bits per heavy atom. The van der Waals surface area contributed by atoms with E-state index in [1.165, 1.54) is 0 Å². The number of rotatable bonds is 10. The lowest BCUT2D eigenvalue weighted by molar-refractivity contribution is 0.0880. The highest BCUT2D eigenvalue weighted by molar-refractivity contribution is 4.82. The van der Waals surface area contributed by atoms with Crippen LogP contribution in [0.2, 0.25) is 0 Å². The van der Waals surface area contributed by atoms with Gasteiger partial charge in [0.2, 0.25) is 0 Å². The van der Waals surface area contributed by atoms with Crippen LogP contribution in [0, 0.1) is 0 Å². The van der Waals surface area contributed by atoms with Gasteiger partial charge in [0, 0.05) is 31.2 Å². The van der Waals surface area contributed by atoms with E-state index >= 15 is 0 Å². The highest BCUT2D eigenvalue weighted by Crippen LogP contribution is 2.11. The van der Waals surface area contributed by atoms with Crippen molar-refractivity contribution in [2.45, 2.75) is 44.9 Å². The third-order valence-corrected chi connectivity index (χ3v) is 2.61. The van der Waals surface area contributed by atoms with Gasteiger partial charge in [-0.05, 0) is 27.2 Å². The normalized spacial score (nSPS) is 16.0. The zero-order valence-corrected chi connectivity index (χ0v) is 11.9. The topological polar surface area (TPSA) is 108 Å². The molecule has 0 heterocycles. The van der Waals surface area contributed by atoms with E-state index in [-0.39, 0.29) is 31.0 Å². The van der Waals surface area contributed by atoms with Gasteiger partial charge in [0.15, 0.2) is 0 Å². The second-order valence-electron chi connectivity index (χ2n) is 5.58. The molecule has 0 aliphatic carbocycles. The van der Waals surface area contributed by atoms with Crippen molar-refractivity contribution in [2.24, 2.45) is 11.5 Å². The number of aliphatic hydroxyl groups excluding tert-OH is 2. The van der Waals surface area contributed by atoms with E-state index in [0.717, 1.165) is 6.42 Å². The van der Waals surface area contributed by atoms with Crippen LogP contribution in [0.25, 0.3) is 0 Å². The monoisotopic (exact) mass is 262 g/mol. The van der Waals surface area contributed by atoms with Crippen LogP contribution in [0.1, 0.15) is 27.2 Å². The fourth-order valence-electron chi connectivity index (χ4n) is 1.83. The minimum absolute atomic E-state index is 0.00954. The van der Waals surface area contributed by atoms with Crippen molar-refractivity contribution in [3.05, 3.63) is 0 Å². The fourth-order valence-corrected chi connectivity index (χ4v) is 1.83. The van der Waals surface area contributed by atoms with Crippen LogP contribution in [0.5, 0.6) is 0 Å². The molecule has 6 nitrogen and oxygen atoms in total. The number of nitrogens with zero attached hydrogens (tertiary/aromatic N) is 1. The summed E-state index contributed by atoms with van der Waals surface area (Å²) >= 11 is 0. The van der Waals surface area contributed by atoms with Gasteiger partial charge in [0.05, 0.1) is 19.4 Å². The molecule has 7 N–H and O–H groups in total. The first-order chi connectivity index (χ1) is 8.30. The second kappa shape index (κ2) is 8.79. The van der Waals surface area contributed by atoms with Gasteiger partial charge in [-0.15, -0.1) is 0 Å². The third-order valence-electron chi connectivity index (χ3n) is 2.61. The van der Waals surface area contributed by atoms with Gasteiger partial charge >= 0.3 is 0 Å². The Balaban J connectivity index is 4.56. The van der Waals surface area contributed by atoms with Gasteiger partial charge in [0.1, 0.15) is 0 Å². The third kappa shape index (κ3) is 8.79. The van der Waals surface area contributed by atoms with Crippen molar-refractivity contribution in [3.63, 3.8) is 0 Å². The molecule has 0 radical (unpaired) electrons. The lowest BCUT2D eigenvalue weighted by Crippen LogP contribution is -2.54. The quantitative estimate of drug-likeness (QED) is 0.312. The fraction of sp³-hybridized carbons (Fsp3) is 1.00. The van der Waals surface area contributed by atoms with Crippen LogP contribution in [0.3, 0.4) is 0 Å². The van der Waals surface area contributed by atoms with Crippen LogP contribution < -0.4 is 16.8 Å². The van der Waals surface area contributed by atoms with Gasteiger partial charge in [0.25, 0.3) is 0 Å². The van der Waals surface area contributed by atoms with E-state index in [4.69, 9.17) is 21.7 Å². The summed E-state index contributed by atoms with van der Waals surface area (Å²) in [4.78, 5) is 2.00. The van der Waals surface area contributed by atoms with Crippen LogP contribution in [0.15, 0.2) is 0 Å². The molecule has 0 fully saturated rings. The van der Waals surface area contributed by atoms with Crippen LogP contribution >= 0.6 is 0 Å². The van der Waals surface area contributed by atoms with Crippen molar-refractivity contribution in [1.82, 2.24) is 10.2 Å². The Labute approximate surface area is 110 Å². The number of nitrogens with one attached hydrogen (secondary N) is 1. The number of hydrogen-bond acceptors (Lipinski definition) is 6. The molecule has 0 rings (SSSR count). The Morgan fingerprint density at radius 3 is 2.06 bits per heavy atom. The summed E-state index contributed by atoms with van der Waals surface area (Å²) in [5, 5.41) is 21.5. The maximum Gasteiger partial charge on any atom is 0.0616 e. The minimum atomic E-state index is -0.321. The standard InChI is InChI=1S/C12H30N4O2/c1-10(13)9-15-11(8-12(2,3)14)16(4-6-17)5-7-18/h10-11,15,17-18H,4-9,13-14H2,1-3H3. The molecule has 0 bridgehead atoms. The molecule has 0 aromatic heterocycles. The molecule has 18 heavy (non-hydrogen) atoms. The molecular formula is C12H30N4O2. The van der Waals surface area contributed by atoms with Gasteiger partial charge in [-0.3, -0.25) is 4.90 Å². The van der Waals surface area contributed by atoms with Crippen molar-refractivity contribution >= 4 is 0 Å². The highest BCUT2D eigenvalue weighted by atomic mass is 16.3. The molecule has 0 aliphatic rings. The highest BCUT2D eigenvalue weighted by Gasteiger charge is 2.24. The summed E-state index contributed by atoms with van der Waals surface area (Å²) in [5.74, 6) is 0. The average molecular weight is 262 g/mol. The van der Waals surface area contributed by atoms with E-state index in [1.54, 1.807) is 0 Å². The van der Waals surface area contributed by atoms with Crippen molar-refractivity contribution in [3.8, 4) is 0 Å². The summed E-state index contributed by atoms with van der Waals surface area (Å²) < 4.78 is 0. The molecule has 0 aromatic rings. The molecule has 0 saturated heterocycles. The Bertz CT molecular complexity index is 201. The number of nitrogens with two attached hydrogens (primary N) is 2. The van der Waals surface area contributed by atoms with Gasteiger partial charge < -0.3 is 27.0 Å². The van der Waals surface area contributed by atoms with Gasteiger partial charge in [-0.1, -0.05) is 0 Å². The van der Waals surface area contributed by atoms with Crippen LogP contribution in [-0.2, 0) is 0 Å². The van der Waals surface area contributed by atoms with E-state index in [1.807, 2.05) is 25.7 Å². The molecule has 0 aliphatic heterocycles. The molecule has 6 heteroatoms. The first-order valence-corrected chi connectivity index (χ1v) is 6.53. The van der Waals surface area contributed by atoms with E-state index in [2.05, 4.69) is 5.32 Å². The predicted molar refractivity (Wildman–Crippen MR) is 74.1 cm³/mol. The average Bonchev–Trinajstić information content (AvgIpc) is 2.22. The van der Waals surface area contributed by atoms with Crippen molar-refractivity contribution in [1.29, 1.82) is 0 Å². The molecule has 0 spiro atoms. The molecule has 2 atom stereocenters.